The molecule has 0 aliphatic carbocycles. The minimum absolute atomic E-state index is 0.0292. The van der Waals surface area contributed by atoms with Crippen LogP contribution in [0.1, 0.15) is 11.1 Å². The van der Waals surface area contributed by atoms with Crippen LogP contribution in [0.15, 0.2) is 42.7 Å². The first-order chi connectivity index (χ1) is 17.4. The maximum Gasteiger partial charge on any atom is 0.415 e. The zero-order chi connectivity index (χ0) is 25.0. The zero-order valence-corrected chi connectivity index (χ0v) is 19.7. The van der Waals surface area contributed by atoms with E-state index in [1.165, 1.54) is 4.90 Å². The summed E-state index contributed by atoms with van der Waals surface area (Å²) in [4.78, 5) is 22.1. The lowest BCUT2D eigenvalue weighted by Crippen LogP contribution is -2.33. The third-order valence-corrected chi connectivity index (χ3v) is 6.48. The number of hydrogen-bond donors (Lipinski definition) is 3. The number of rotatable bonds is 3. The van der Waals surface area contributed by atoms with Crippen LogP contribution < -0.4 is 25.8 Å². The van der Waals surface area contributed by atoms with Crippen LogP contribution in [-0.4, -0.2) is 41.2 Å². The Balaban J connectivity index is 1.38. The predicted molar refractivity (Wildman–Crippen MR) is 135 cm³/mol. The van der Waals surface area contributed by atoms with Gasteiger partial charge in [0.15, 0.2) is 5.82 Å². The fraction of sp³-hybridized carbons (Fsp3) is 0.192. The molecule has 182 valence electrons. The molecule has 2 aromatic carbocycles. The van der Waals surface area contributed by atoms with E-state index in [0.717, 1.165) is 27.9 Å². The molecule has 4 heterocycles. The van der Waals surface area contributed by atoms with Crippen molar-refractivity contribution in [3.63, 3.8) is 0 Å². The maximum absolute atomic E-state index is 15.4. The maximum atomic E-state index is 15.4. The first kappa shape index (κ1) is 21.9. The Morgan fingerprint density at radius 2 is 2.03 bits per heavy atom. The molecule has 0 bridgehead atoms. The number of carbonyl (C=O) groups is 1. The lowest BCUT2D eigenvalue weighted by atomic mass is 9.97. The van der Waals surface area contributed by atoms with Gasteiger partial charge in [0.2, 0.25) is 5.88 Å². The fourth-order valence-electron chi connectivity index (χ4n) is 4.57. The summed E-state index contributed by atoms with van der Waals surface area (Å²) in [6.45, 7) is 3.54. The molecule has 36 heavy (non-hydrogen) atoms. The van der Waals surface area contributed by atoms with Gasteiger partial charge in [-0.2, -0.15) is 0 Å². The van der Waals surface area contributed by atoms with Gasteiger partial charge < -0.3 is 30.7 Å². The number of amides is 1. The molecule has 9 nitrogen and oxygen atoms in total. The van der Waals surface area contributed by atoms with E-state index in [1.54, 1.807) is 31.6 Å². The van der Waals surface area contributed by atoms with Gasteiger partial charge in [-0.15, -0.1) is 0 Å². The van der Waals surface area contributed by atoms with E-state index in [9.17, 15) is 4.79 Å². The van der Waals surface area contributed by atoms with E-state index in [1.807, 2.05) is 25.1 Å². The van der Waals surface area contributed by atoms with E-state index < -0.39 is 5.82 Å². The number of pyridine rings is 2. The summed E-state index contributed by atoms with van der Waals surface area (Å²) < 4.78 is 26.3. The van der Waals surface area contributed by atoms with Crippen LogP contribution in [0.3, 0.4) is 0 Å². The molecule has 1 amide bonds. The minimum Gasteiger partial charge on any atom is -0.474 e. The lowest BCUT2D eigenvalue weighted by molar-refractivity contribution is 0.150. The van der Waals surface area contributed by atoms with Gasteiger partial charge >= 0.3 is 6.09 Å². The summed E-state index contributed by atoms with van der Waals surface area (Å²) in [7, 11) is 1.68. The molecule has 10 heteroatoms. The second-order valence-electron chi connectivity index (χ2n) is 8.87. The van der Waals surface area contributed by atoms with Gasteiger partial charge in [-0.25, -0.2) is 19.2 Å². The summed E-state index contributed by atoms with van der Waals surface area (Å²) in [5.41, 5.74) is 10.5. The van der Waals surface area contributed by atoms with E-state index in [0.29, 0.717) is 53.7 Å². The first-order valence-electron chi connectivity index (χ1n) is 11.5. The molecule has 4 aromatic rings. The van der Waals surface area contributed by atoms with Crippen molar-refractivity contribution in [2.24, 2.45) is 0 Å². The van der Waals surface area contributed by atoms with Gasteiger partial charge in [-0.3, -0.25) is 0 Å². The summed E-state index contributed by atoms with van der Waals surface area (Å²) in [5, 5.41) is 7.81. The molecule has 2 aromatic heterocycles. The Kier molecular flexibility index (Phi) is 5.03. The average molecular weight is 487 g/mol. The van der Waals surface area contributed by atoms with Crippen LogP contribution in [0.5, 0.6) is 11.6 Å². The molecule has 0 spiro atoms. The average Bonchev–Trinajstić information content (AvgIpc) is 2.88. The Morgan fingerprint density at radius 3 is 2.89 bits per heavy atom. The number of nitrogens with zero attached hydrogens (tertiary/aromatic N) is 3. The summed E-state index contributed by atoms with van der Waals surface area (Å²) in [5.74, 6) is 1.10. The van der Waals surface area contributed by atoms with Gasteiger partial charge in [-0.1, -0.05) is 0 Å². The van der Waals surface area contributed by atoms with Crippen molar-refractivity contribution in [1.29, 1.82) is 0 Å². The number of halogens is 1. The molecule has 6 rings (SSSR count). The topological polar surface area (TPSA) is 115 Å². The molecule has 0 saturated carbocycles. The van der Waals surface area contributed by atoms with Crippen molar-refractivity contribution in [2.75, 3.05) is 36.6 Å². The minimum atomic E-state index is -0.514. The summed E-state index contributed by atoms with van der Waals surface area (Å²) in [6, 6.07) is 9.05. The SMILES string of the molecule is Cc1c(-c2cc3cc(Nc4ccc5c(c4)CN(C)C(=O)O5)ncc3c(N)c2F)cnc2c1NCCO2. The van der Waals surface area contributed by atoms with Crippen LogP contribution >= 0.6 is 0 Å². The standard InChI is InChI=1S/C26H23FN6O3/c1-13-18(10-31-25-24(13)29-5-6-35-25)17-8-14-9-21(30-11-19(14)23(28)22(17)27)32-16-3-4-20-15(7-16)12-33(2)26(34)36-20/h3-4,7-11,29H,5-6,12,28H2,1-2H3,(H,30,32). The number of nitrogen functional groups attached to an aromatic ring is 1. The zero-order valence-electron chi connectivity index (χ0n) is 19.7. The highest BCUT2D eigenvalue weighted by molar-refractivity contribution is 5.98. The van der Waals surface area contributed by atoms with Crippen molar-refractivity contribution in [1.82, 2.24) is 14.9 Å². The third kappa shape index (κ3) is 3.58. The second kappa shape index (κ2) is 8.26. The number of nitrogens with two attached hydrogens (primary N) is 1. The Hall–Kier alpha value is -4.60. The highest BCUT2D eigenvalue weighted by Crippen LogP contribution is 2.40. The van der Waals surface area contributed by atoms with Gasteiger partial charge in [0, 0.05) is 53.8 Å². The molecule has 2 aliphatic heterocycles. The van der Waals surface area contributed by atoms with E-state index in [-0.39, 0.29) is 11.8 Å². The number of fused-ring (bicyclic) bond motifs is 3. The molecule has 0 saturated heterocycles. The van der Waals surface area contributed by atoms with Crippen molar-refractivity contribution in [3.8, 4) is 22.8 Å². The predicted octanol–water partition coefficient (Wildman–Crippen LogP) is 4.82. The molecular weight excluding hydrogens is 463 g/mol. The molecule has 4 N–H and O–H groups in total. The quantitative estimate of drug-likeness (QED) is 0.353. The van der Waals surface area contributed by atoms with Gasteiger partial charge in [0.25, 0.3) is 0 Å². The molecule has 0 atom stereocenters. The third-order valence-electron chi connectivity index (χ3n) is 6.48. The number of ether oxygens (including phenoxy) is 2. The normalized spacial score (nSPS) is 14.4. The van der Waals surface area contributed by atoms with Crippen LogP contribution in [0.25, 0.3) is 21.9 Å². The second-order valence-corrected chi connectivity index (χ2v) is 8.87. The Bertz CT molecular complexity index is 1560. The molecule has 2 aliphatic rings. The highest BCUT2D eigenvalue weighted by atomic mass is 19.1. The number of benzene rings is 2. The van der Waals surface area contributed by atoms with Crippen molar-refractivity contribution in [2.45, 2.75) is 13.5 Å². The first-order valence-corrected chi connectivity index (χ1v) is 11.5. The number of carbonyl (C=O) groups excluding carboxylic acids is 1. The molecular formula is C26H23FN6O3. The molecule has 0 fully saturated rings. The van der Waals surface area contributed by atoms with E-state index in [4.69, 9.17) is 15.2 Å². The van der Waals surface area contributed by atoms with Crippen LogP contribution in [0, 0.1) is 12.7 Å². The molecule has 0 unspecified atom stereocenters. The van der Waals surface area contributed by atoms with Crippen molar-refractivity contribution in [3.05, 3.63) is 59.7 Å². The van der Waals surface area contributed by atoms with Crippen molar-refractivity contribution >= 4 is 39.7 Å². The largest absolute Gasteiger partial charge is 0.474 e. The number of anilines is 4. The highest BCUT2D eigenvalue weighted by Gasteiger charge is 2.23. The number of hydrogen-bond acceptors (Lipinski definition) is 8. The number of nitrogens with one attached hydrogen (secondary N) is 2. The van der Waals surface area contributed by atoms with Gasteiger partial charge in [0.05, 0.1) is 12.2 Å². The Labute approximate surface area is 206 Å². The van der Waals surface area contributed by atoms with E-state index >= 15 is 4.39 Å². The van der Waals surface area contributed by atoms with Crippen LogP contribution in [-0.2, 0) is 6.54 Å². The summed E-state index contributed by atoms with van der Waals surface area (Å²) in [6.07, 6.45) is 2.79. The summed E-state index contributed by atoms with van der Waals surface area (Å²) >= 11 is 0. The van der Waals surface area contributed by atoms with E-state index in [2.05, 4.69) is 20.6 Å². The number of aromatic nitrogens is 2. The van der Waals surface area contributed by atoms with Crippen LogP contribution in [0.2, 0.25) is 0 Å². The smallest absolute Gasteiger partial charge is 0.415 e. The molecule has 0 radical (unpaired) electrons. The van der Waals surface area contributed by atoms with Gasteiger partial charge in [-0.05, 0) is 48.2 Å². The fourth-order valence-corrected chi connectivity index (χ4v) is 4.57. The monoisotopic (exact) mass is 486 g/mol. The van der Waals surface area contributed by atoms with Crippen molar-refractivity contribution < 1.29 is 18.7 Å². The van der Waals surface area contributed by atoms with Crippen LogP contribution in [0.4, 0.5) is 32.1 Å². The van der Waals surface area contributed by atoms with Gasteiger partial charge in [0.1, 0.15) is 23.9 Å². The Morgan fingerprint density at radius 1 is 1.17 bits per heavy atom. The lowest BCUT2D eigenvalue weighted by Gasteiger charge is -2.24.